The first-order valence-electron chi connectivity index (χ1n) is 6.61. The second-order valence-electron chi connectivity index (χ2n) is 5.54. The number of hydrogen-bond acceptors (Lipinski definition) is 3. The maximum absolute atomic E-state index is 12.3. The van der Waals surface area contributed by atoms with Crippen molar-refractivity contribution in [3.63, 3.8) is 0 Å². The highest BCUT2D eigenvalue weighted by molar-refractivity contribution is 5.85. The molecular formula is C13H27ClN2O2. The number of halogens is 1. The minimum absolute atomic E-state index is 0. The molecule has 0 bridgehead atoms. The number of carbonyl (C=O) groups excluding carboxylic acids is 1. The molecule has 2 N–H and O–H groups in total. The Hall–Kier alpha value is -0.320. The Labute approximate surface area is 117 Å². The smallest absolute Gasteiger partial charge is 0.251 e. The van der Waals surface area contributed by atoms with Gasteiger partial charge in [0.2, 0.25) is 0 Å². The summed E-state index contributed by atoms with van der Waals surface area (Å²) in [4.78, 5) is 14.3. The zero-order valence-corrected chi connectivity index (χ0v) is 12.7. The van der Waals surface area contributed by atoms with Gasteiger partial charge in [-0.25, -0.2) is 0 Å². The molecule has 0 aromatic heterocycles. The number of amides is 1. The fraction of sp³-hybridized carbons (Fsp3) is 0.923. The van der Waals surface area contributed by atoms with Crippen LogP contribution in [0.4, 0.5) is 0 Å². The van der Waals surface area contributed by atoms with Crippen molar-refractivity contribution in [1.29, 1.82) is 0 Å². The first-order chi connectivity index (χ1) is 7.95. The summed E-state index contributed by atoms with van der Waals surface area (Å²) < 4.78 is 5.67. The van der Waals surface area contributed by atoms with E-state index in [1.54, 1.807) is 0 Å². The molecule has 4 nitrogen and oxygen atoms in total. The third-order valence-corrected chi connectivity index (χ3v) is 3.11. The Morgan fingerprint density at radius 3 is 2.33 bits per heavy atom. The average Bonchev–Trinajstić information content (AvgIpc) is 2.72. The van der Waals surface area contributed by atoms with Gasteiger partial charge < -0.3 is 15.4 Å². The standard InChI is InChI=1S/C13H26N2O2.ClH/c1-9(2)8-15(10(3)4)13(16)12-6-5-11(7-14)17-12;/h9-12H,5-8,14H2,1-4H3;1H/t11-,12+;/m1./s1. The number of ether oxygens (including phenoxy) is 1. The summed E-state index contributed by atoms with van der Waals surface area (Å²) in [6.45, 7) is 9.66. The Balaban J connectivity index is 0.00000289. The molecule has 1 saturated heterocycles. The van der Waals surface area contributed by atoms with E-state index >= 15 is 0 Å². The van der Waals surface area contributed by atoms with Crippen molar-refractivity contribution in [3.05, 3.63) is 0 Å². The highest BCUT2D eigenvalue weighted by atomic mass is 35.5. The molecule has 1 rings (SSSR count). The van der Waals surface area contributed by atoms with Gasteiger partial charge in [-0.1, -0.05) is 13.8 Å². The van der Waals surface area contributed by atoms with Crippen LogP contribution >= 0.6 is 12.4 Å². The van der Waals surface area contributed by atoms with Crippen LogP contribution in [0.25, 0.3) is 0 Å². The predicted octanol–water partition coefficient (Wildman–Crippen LogP) is 1.81. The molecule has 18 heavy (non-hydrogen) atoms. The van der Waals surface area contributed by atoms with Gasteiger partial charge in [0.05, 0.1) is 6.10 Å². The monoisotopic (exact) mass is 278 g/mol. The fourth-order valence-electron chi connectivity index (χ4n) is 2.19. The molecule has 0 spiro atoms. The molecule has 1 fully saturated rings. The average molecular weight is 279 g/mol. The van der Waals surface area contributed by atoms with Gasteiger partial charge in [0.1, 0.15) is 6.10 Å². The van der Waals surface area contributed by atoms with Crippen LogP contribution in [0.5, 0.6) is 0 Å². The zero-order chi connectivity index (χ0) is 13.0. The second-order valence-corrected chi connectivity index (χ2v) is 5.54. The van der Waals surface area contributed by atoms with Crippen LogP contribution in [-0.2, 0) is 9.53 Å². The predicted molar refractivity (Wildman–Crippen MR) is 75.9 cm³/mol. The van der Waals surface area contributed by atoms with E-state index in [4.69, 9.17) is 10.5 Å². The largest absolute Gasteiger partial charge is 0.364 e. The van der Waals surface area contributed by atoms with Gasteiger partial charge in [-0.15, -0.1) is 12.4 Å². The Bertz CT molecular complexity index is 259. The molecule has 0 saturated carbocycles. The Morgan fingerprint density at radius 1 is 1.33 bits per heavy atom. The van der Waals surface area contributed by atoms with Crippen LogP contribution in [0.1, 0.15) is 40.5 Å². The van der Waals surface area contributed by atoms with Gasteiger partial charge in [0, 0.05) is 19.1 Å². The van der Waals surface area contributed by atoms with Crippen molar-refractivity contribution >= 4 is 18.3 Å². The van der Waals surface area contributed by atoms with Crippen molar-refractivity contribution in [1.82, 2.24) is 4.90 Å². The van der Waals surface area contributed by atoms with Crippen molar-refractivity contribution < 1.29 is 9.53 Å². The van der Waals surface area contributed by atoms with Crippen LogP contribution in [0.2, 0.25) is 0 Å². The number of nitrogens with two attached hydrogens (primary N) is 1. The quantitative estimate of drug-likeness (QED) is 0.834. The van der Waals surface area contributed by atoms with E-state index in [-0.39, 0.29) is 36.6 Å². The number of hydrogen-bond donors (Lipinski definition) is 1. The molecular weight excluding hydrogens is 252 g/mol. The lowest BCUT2D eigenvalue weighted by Gasteiger charge is -2.30. The normalized spacial score (nSPS) is 23.3. The summed E-state index contributed by atoms with van der Waals surface area (Å²) in [6, 6.07) is 0.227. The van der Waals surface area contributed by atoms with E-state index in [9.17, 15) is 4.79 Å². The summed E-state index contributed by atoms with van der Waals surface area (Å²) in [5, 5.41) is 0. The summed E-state index contributed by atoms with van der Waals surface area (Å²) in [7, 11) is 0. The van der Waals surface area contributed by atoms with Crippen LogP contribution in [-0.4, -0.2) is 42.1 Å². The highest BCUT2D eigenvalue weighted by Crippen LogP contribution is 2.22. The van der Waals surface area contributed by atoms with Crippen molar-refractivity contribution in [2.45, 2.75) is 58.8 Å². The third-order valence-electron chi connectivity index (χ3n) is 3.11. The van der Waals surface area contributed by atoms with Crippen LogP contribution in [0.15, 0.2) is 0 Å². The van der Waals surface area contributed by atoms with Crippen LogP contribution in [0.3, 0.4) is 0 Å². The third kappa shape index (κ3) is 4.75. The highest BCUT2D eigenvalue weighted by Gasteiger charge is 2.33. The van der Waals surface area contributed by atoms with E-state index < -0.39 is 0 Å². The van der Waals surface area contributed by atoms with Crippen LogP contribution in [0, 0.1) is 5.92 Å². The van der Waals surface area contributed by atoms with Gasteiger partial charge in [0.25, 0.3) is 5.91 Å². The van der Waals surface area contributed by atoms with E-state index in [2.05, 4.69) is 27.7 Å². The zero-order valence-electron chi connectivity index (χ0n) is 11.9. The van der Waals surface area contributed by atoms with Gasteiger partial charge in [-0.2, -0.15) is 0 Å². The molecule has 1 amide bonds. The fourth-order valence-corrected chi connectivity index (χ4v) is 2.19. The summed E-state index contributed by atoms with van der Waals surface area (Å²) >= 11 is 0. The second kappa shape index (κ2) is 7.97. The number of nitrogens with zero attached hydrogens (tertiary/aromatic N) is 1. The maximum atomic E-state index is 12.3. The van der Waals surface area contributed by atoms with E-state index in [0.29, 0.717) is 12.5 Å². The minimum Gasteiger partial charge on any atom is -0.364 e. The summed E-state index contributed by atoms with van der Waals surface area (Å²) in [5.41, 5.74) is 5.56. The van der Waals surface area contributed by atoms with Crippen LogP contribution < -0.4 is 5.73 Å². The lowest BCUT2D eigenvalue weighted by molar-refractivity contribution is -0.145. The topological polar surface area (TPSA) is 55.6 Å². The van der Waals surface area contributed by atoms with E-state index in [1.807, 2.05) is 4.90 Å². The molecule has 0 radical (unpaired) electrons. The summed E-state index contributed by atoms with van der Waals surface area (Å²) in [5.74, 6) is 0.609. The maximum Gasteiger partial charge on any atom is 0.251 e. The van der Waals surface area contributed by atoms with Gasteiger partial charge >= 0.3 is 0 Å². The Kier molecular flexibility index (Phi) is 7.83. The van der Waals surface area contributed by atoms with Crippen molar-refractivity contribution in [2.24, 2.45) is 11.7 Å². The molecule has 0 aromatic carbocycles. The number of rotatable bonds is 5. The van der Waals surface area contributed by atoms with Gasteiger partial charge in [-0.05, 0) is 32.6 Å². The Morgan fingerprint density at radius 2 is 1.94 bits per heavy atom. The van der Waals surface area contributed by atoms with E-state index in [0.717, 1.165) is 19.4 Å². The lowest BCUT2D eigenvalue weighted by atomic mass is 10.1. The van der Waals surface area contributed by atoms with Gasteiger partial charge in [-0.3, -0.25) is 4.79 Å². The van der Waals surface area contributed by atoms with E-state index in [1.165, 1.54) is 0 Å². The molecule has 1 heterocycles. The van der Waals surface area contributed by atoms with Crippen molar-refractivity contribution in [2.75, 3.05) is 13.1 Å². The molecule has 0 aliphatic carbocycles. The molecule has 108 valence electrons. The van der Waals surface area contributed by atoms with Gasteiger partial charge in [0.15, 0.2) is 0 Å². The minimum atomic E-state index is -0.273. The lowest BCUT2D eigenvalue weighted by Crippen LogP contribution is -2.45. The first-order valence-corrected chi connectivity index (χ1v) is 6.61. The molecule has 1 aliphatic rings. The molecule has 0 aromatic rings. The number of carbonyl (C=O) groups is 1. The molecule has 1 aliphatic heterocycles. The molecule has 0 unspecified atom stereocenters. The van der Waals surface area contributed by atoms with Crippen molar-refractivity contribution in [3.8, 4) is 0 Å². The molecule has 2 atom stereocenters. The first kappa shape index (κ1) is 17.7. The molecule has 5 heteroatoms. The SMILES string of the molecule is CC(C)CN(C(=O)[C@@H]1CC[C@H](CN)O1)C(C)C.Cl. The summed E-state index contributed by atoms with van der Waals surface area (Å²) in [6.07, 6.45) is 1.50.